The molecule has 90 valence electrons. The molecule has 0 amide bonds. The number of nitrogens with one attached hydrogen (secondary N) is 1. The lowest BCUT2D eigenvalue weighted by Crippen LogP contribution is -2.16. The molecule has 0 aliphatic carbocycles. The summed E-state index contributed by atoms with van der Waals surface area (Å²) in [6, 6.07) is 8.90. The van der Waals surface area contributed by atoms with E-state index in [1.54, 1.807) is 6.07 Å². The number of benzene rings is 1. The van der Waals surface area contributed by atoms with E-state index in [4.69, 9.17) is 11.6 Å². The molecule has 2 nitrogen and oxygen atoms in total. The summed E-state index contributed by atoms with van der Waals surface area (Å²) in [4.78, 5) is 0. The van der Waals surface area contributed by atoms with E-state index in [1.165, 1.54) is 6.07 Å². The predicted octanol–water partition coefficient (Wildman–Crippen LogP) is 3.64. The fourth-order valence-electron chi connectivity index (χ4n) is 1.74. The highest BCUT2D eigenvalue weighted by molar-refractivity contribution is 6.30. The number of hydrogen-bond acceptors (Lipinski definition) is 1. The molecule has 0 aliphatic rings. The van der Waals surface area contributed by atoms with Gasteiger partial charge >= 0.3 is 0 Å². The summed E-state index contributed by atoms with van der Waals surface area (Å²) in [7, 11) is 0. The van der Waals surface area contributed by atoms with Crippen LogP contribution in [0.5, 0.6) is 0 Å². The van der Waals surface area contributed by atoms with Gasteiger partial charge < -0.3 is 5.43 Å². The first-order valence-corrected chi connectivity index (χ1v) is 5.78. The smallest absolute Gasteiger partial charge is 0.142 e. The van der Waals surface area contributed by atoms with Gasteiger partial charge in [0.1, 0.15) is 5.82 Å². The molecule has 0 spiro atoms. The predicted molar refractivity (Wildman–Crippen MR) is 68.4 cm³/mol. The van der Waals surface area contributed by atoms with E-state index in [1.807, 2.05) is 36.7 Å². The number of aryl methyl sites for hydroxylation is 2. The Morgan fingerprint density at radius 1 is 1.18 bits per heavy atom. The van der Waals surface area contributed by atoms with Gasteiger partial charge in [-0.25, -0.2) is 4.39 Å². The lowest BCUT2D eigenvalue weighted by Gasteiger charge is -2.12. The maximum Gasteiger partial charge on any atom is 0.142 e. The molecule has 2 rings (SSSR count). The monoisotopic (exact) mass is 252 g/mol. The van der Waals surface area contributed by atoms with Crippen molar-refractivity contribution in [1.82, 2.24) is 4.68 Å². The molecule has 0 aliphatic heterocycles. The lowest BCUT2D eigenvalue weighted by molar-refractivity contribution is 0.625. The molecule has 1 N–H and O–H groups in total. The second-order valence-electron chi connectivity index (χ2n) is 4.03. The Morgan fingerprint density at radius 2 is 1.82 bits per heavy atom. The van der Waals surface area contributed by atoms with Crippen LogP contribution in [0.1, 0.15) is 17.0 Å². The summed E-state index contributed by atoms with van der Waals surface area (Å²) in [5.74, 6) is -0.382. The van der Waals surface area contributed by atoms with Gasteiger partial charge in [-0.1, -0.05) is 17.7 Å². The van der Waals surface area contributed by atoms with Gasteiger partial charge in [0.2, 0.25) is 0 Å². The number of halogens is 2. The molecule has 0 saturated heterocycles. The van der Waals surface area contributed by atoms with Crippen LogP contribution in [0.2, 0.25) is 5.02 Å². The van der Waals surface area contributed by atoms with E-state index in [2.05, 4.69) is 5.43 Å². The largest absolute Gasteiger partial charge is 0.322 e. The summed E-state index contributed by atoms with van der Waals surface area (Å²) in [6.07, 6.45) is 0. The van der Waals surface area contributed by atoms with Crippen molar-refractivity contribution in [2.75, 3.05) is 5.43 Å². The number of rotatable bonds is 3. The fourth-order valence-corrected chi connectivity index (χ4v) is 1.86. The summed E-state index contributed by atoms with van der Waals surface area (Å²) < 4.78 is 15.2. The third-order valence-corrected chi connectivity index (χ3v) is 3.00. The Hall–Kier alpha value is -1.48. The SMILES string of the molecule is Cc1ccc(C)n1NCc1ccc(Cl)c(F)c1. The van der Waals surface area contributed by atoms with Gasteiger partial charge in [-0.05, 0) is 43.7 Å². The molecular formula is C13H14ClFN2. The molecule has 2 aromatic rings. The van der Waals surface area contributed by atoms with E-state index >= 15 is 0 Å². The number of nitrogens with zero attached hydrogens (tertiary/aromatic N) is 1. The number of hydrogen-bond donors (Lipinski definition) is 1. The number of aromatic nitrogens is 1. The summed E-state index contributed by atoms with van der Waals surface area (Å²) in [6.45, 7) is 4.59. The molecule has 1 aromatic heterocycles. The third-order valence-electron chi connectivity index (χ3n) is 2.70. The van der Waals surface area contributed by atoms with Crippen LogP contribution in [-0.4, -0.2) is 4.68 Å². The fraction of sp³-hybridized carbons (Fsp3) is 0.231. The quantitative estimate of drug-likeness (QED) is 0.883. The average Bonchev–Trinajstić information content (AvgIpc) is 2.61. The van der Waals surface area contributed by atoms with E-state index in [0.717, 1.165) is 17.0 Å². The van der Waals surface area contributed by atoms with Crippen LogP contribution in [0, 0.1) is 19.7 Å². The van der Waals surface area contributed by atoms with Gasteiger partial charge in [0.25, 0.3) is 0 Å². The van der Waals surface area contributed by atoms with Gasteiger partial charge in [0.15, 0.2) is 0 Å². The van der Waals surface area contributed by atoms with E-state index in [0.29, 0.717) is 6.54 Å². The molecule has 0 unspecified atom stereocenters. The Bertz CT molecular complexity index is 515. The van der Waals surface area contributed by atoms with Crippen LogP contribution in [0.15, 0.2) is 30.3 Å². The van der Waals surface area contributed by atoms with Crippen molar-refractivity contribution in [1.29, 1.82) is 0 Å². The Kier molecular flexibility index (Phi) is 3.38. The van der Waals surface area contributed by atoms with Crippen molar-refractivity contribution in [2.45, 2.75) is 20.4 Å². The van der Waals surface area contributed by atoms with Crippen molar-refractivity contribution in [2.24, 2.45) is 0 Å². The Balaban J connectivity index is 2.10. The van der Waals surface area contributed by atoms with Crippen molar-refractivity contribution < 1.29 is 4.39 Å². The molecule has 1 aromatic carbocycles. The summed E-state index contributed by atoms with van der Waals surface area (Å²) in [5.41, 5.74) is 6.34. The van der Waals surface area contributed by atoms with Crippen molar-refractivity contribution in [3.8, 4) is 0 Å². The van der Waals surface area contributed by atoms with E-state index < -0.39 is 0 Å². The van der Waals surface area contributed by atoms with Crippen molar-refractivity contribution in [3.05, 3.63) is 58.1 Å². The zero-order chi connectivity index (χ0) is 12.4. The molecule has 0 atom stereocenters. The topological polar surface area (TPSA) is 17.0 Å². The van der Waals surface area contributed by atoms with Gasteiger partial charge in [0, 0.05) is 11.4 Å². The highest BCUT2D eigenvalue weighted by Gasteiger charge is 2.03. The van der Waals surface area contributed by atoms with E-state index in [9.17, 15) is 4.39 Å². The van der Waals surface area contributed by atoms with Crippen LogP contribution in [0.25, 0.3) is 0 Å². The van der Waals surface area contributed by atoms with Crippen LogP contribution >= 0.6 is 11.6 Å². The summed E-state index contributed by atoms with van der Waals surface area (Å²) >= 11 is 5.63. The second kappa shape index (κ2) is 4.80. The normalized spacial score (nSPS) is 10.6. The average molecular weight is 253 g/mol. The maximum atomic E-state index is 13.2. The molecule has 4 heteroatoms. The second-order valence-corrected chi connectivity index (χ2v) is 4.44. The van der Waals surface area contributed by atoms with Crippen molar-refractivity contribution >= 4 is 11.6 Å². The Morgan fingerprint density at radius 3 is 2.41 bits per heavy atom. The lowest BCUT2D eigenvalue weighted by atomic mass is 10.2. The highest BCUT2D eigenvalue weighted by atomic mass is 35.5. The zero-order valence-electron chi connectivity index (χ0n) is 9.80. The molecular weight excluding hydrogens is 239 g/mol. The van der Waals surface area contributed by atoms with Gasteiger partial charge in [-0.2, -0.15) is 0 Å². The minimum Gasteiger partial charge on any atom is -0.322 e. The third kappa shape index (κ3) is 2.61. The minimum absolute atomic E-state index is 0.155. The first kappa shape index (κ1) is 12.0. The van der Waals surface area contributed by atoms with Crippen LogP contribution in [0.3, 0.4) is 0 Å². The van der Waals surface area contributed by atoms with E-state index in [-0.39, 0.29) is 10.8 Å². The molecule has 0 saturated carbocycles. The van der Waals surface area contributed by atoms with Crippen molar-refractivity contribution in [3.63, 3.8) is 0 Å². The maximum absolute atomic E-state index is 13.2. The molecule has 0 bridgehead atoms. The van der Waals surface area contributed by atoms with Gasteiger partial charge in [0.05, 0.1) is 11.6 Å². The molecule has 0 radical (unpaired) electrons. The van der Waals surface area contributed by atoms with Crippen LogP contribution in [-0.2, 0) is 6.54 Å². The standard InChI is InChI=1S/C13H14ClFN2/c1-9-3-4-10(2)17(9)16-8-11-5-6-12(14)13(15)7-11/h3-7,16H,8H2,1-2H3. The van der Waals surface area contributed by atoms with Gasteiger partial charge in [-0.3, -0.25) is 4.68 Å². The Labute approximate surface area is 105 Å². The van der Waals surface area contributed by atoms with Gasteiger partial charge in [-0.15, -0.1) is 0 Å². The molecule has 0 fully saturated rings. The highest BCUT2D eigenvalue weighted by Crippen LogP contribution is 2.15. The minimum atomic E-state index is -0.382. The summed E-state index contributed by atoms with van der Waals surface area (Å²) in [5, 5.41) is 0.155. The molecule has 1 heterocycles. The first-order valence-electron chi connectivity index (χ1n) is 5.40. The van der Waals surface area contributed by atoms with Crippen LogP contribution < -0.4 is 5.43 Å². The zero-order valence-corrected chi connectivity index (χ0v) is 10.6. The van der Waals surface area contributed by atoms with Crippen LogP contribution in [0.4, 0.5) is 4.39 Å². The molecule has 17 heavy (non-hydrogen) atoms. The first-order chi connectivity index (χ1) is 8.08.